The Morgan fingerprint density at radius 2 is 1.88 bits per heavy atom. The molecule has 0 aromatic heterocycles. The topological polar surface area (TPSA) is 98.0 Å². The summed E-state index contributed by atoms with van der Waals surface area (Å²) >= 11 is 0. The Balaban J connectivity index is 1.99. The average Bonchev–Trinajstić information content (AvgIpc) is 3.05. The minimum Gasteiger partial charge on any atom is -0.392 e. The summed E-state index contributed by atoms with van der Waals surface area (Å²) in [6.07, 6.45) is 1.34. The lowest BCUT2D eigenvalue weighted by Gasteiger charge is -2.48. The summed E-state index contributed by atoms with van der Waals surface area (Å²) in [7, 11) is 0. The molecule has 1 spiro atoms. The summed E-state index contributed by atoms with van der Waals surface area (Å²) in [5.74, 6) is -0.288. The van der Waals surface area contributed by atoms with Crippen molar-refractivity contribution in [1.82, 2.24) is 0 Å². The average molecular weight is 348 g/mol. The first kappa shape index (κ1) is 17.4. The van der Waals surface area contributed by atoms with E-state index in [2.05, 4.69) is 13.8 Å². The van der Waals surface area contributed by atoms with Crippen molar-refractivity contribution in [3.63, 3.8) is 0 Å². The number of allylic oxidation sites excluding steroid dienone is 1. The molecule has 0 amide bonds. The van der Waals surface area contributed by atoms with Gasteiger partial charge in [-0.1, -0.05) is 32.9 Å². The number of hydrogen-bond donors (Lipinski definition) is 4. The fraction of sp³-hybridized carbons (Fsp3) is 0.750. The van der Waals surface area contributed by atoms with Gasteiger partial charge in [-0.15, -0.1) is 0 Å². The van der Waals surface area contributed by atoms with Crippen LogP contribution in [0.4, 0.5) is 0 Å². The standard InChI is InChI=1S/C20H28O5/c1-9-7-19-10(2)5-13-14(18(13,3)4)12(17(19)24)6-11(8-21)16(23)20(19,25)15(9)22/h6-7,10,12-16,21-23,25H,5,8H2,1-4H3/t10-,12+,13-,14+,15-,16-,19+,20-/m1/s1. The molecular formula is C20H28O5. The Morgan fingerprint density at radius 3 is 2.48 bits per heavy atom. The van der Waals surface area contributed by atoms with Crippen molar-refractivity contribution in [1.29, 1.82) is 0 Å². The third kappa shape index (κ3) is 1.71. The van der Waals surface area contributed by atoms with Crippen LogP contribution in [0, 0.1) is 34.5 Å². The van der Waals surface area contributed by atoms with Gasteiger partial charge in [-0.05, 0) is 47.7 Å². The molecular weight excluding hydrogens is 320 g/mol. The highest BCUT2D eigenvalue weighted by molar-refractivity contribution is 5.95. The van der Waals surface area contributed by atoms with E-state index in [1.807, 2.05) is 6.92 Å². The SMILES string of the molecule is CC1=C[C@]23C(=O)[C@@H](C=C(CO)[C@@H](O)[C@]2(O)[C@@H]1O)[C@H]1[C@@H](C[C@H]3C)C1(C)C. The minimum absolute atomic E-state index is 0.0245. The Bertz CT molecular complexity index is 707. The molecule has 0 aromatic rings. The van der Waals surface area contributed by atoms with Gasteiger partial charge in [0, 0.05) is 5.92 Å². The molecule has 4 rings (SSSR count). The lowest BCUT2D eigenvalue weighted by atomic mass is 9.59. The van der Waals surface area contributed by atoms with Crippen LogP contribution in [0.2, 0.25) is 0 Å². The summed E-state index contributed by atoms with van der Waals surface area (Å²) in [6.45, 7) is 7.50. The number of ketones is 1. The van der Waals surface area contributed by atoms with Crippen LogP contribution in [0.3, 0.4) is 0 Å². The van der Waals surface area contributed by atoms with E-state index in [0.29, 0.717) is 11.5 Å². The van der Waals surface area contributed by atoms with E-state index in [4.69, 9.17) is 0 Å². The van der Waals surface area contributed by atoms with Gasteiger partial charge in [0.1, 0.15) is 17.8 Å². The first-order valence-corrected chi connectivity index (χ1v) is 9.18. The fourth-order valence-electron chi connectivity index (χ4n) is 6.43. The highest BCUT2D eigenvalue weighted by Gasteiger charge is 2.75. The summed E-state index contributed by atoms with van der Waals surface area (Å²) in [4.78, 5) is 13.7. The molecule has 0 radical (unpaired) electrons. The van der Waals surface area contributed by atoms with E-state index < -0.39 is 35.7 Å². The maximum atomic E-state index is 13.7. The number of aliphatic hydroxyl groups is 4. The molecule has 4 aliphatic carbocycles. The zero-order valence-electron chi connectivity index (χ0n) is 15.2. The Hall–Kier alpha value is -1.01. The van der Waals surface area contributed by atoms with Crippen LogP contribution < -0.4 is 0 Å². The van der Waals surface area contributed by atoms with Crippen LogP contribution in [-0.4, -0.2) is 50.6 Å². The van der Waals surface area contributed by atoms with Crippen molar-refractivity contribution in [3.05, 3.63) is 23.3 Å². The van der Waals surface area contributed by atoms with Crippen LogP contribution >= 0.6 is 0 Å². The highest BCUT2D eigenvalue weighted by Crippen LogP contribution is 2.71. The molecule has 5 heteroatoms. The van der Waals surface area contributed by atoms with E-state index in [9.17, 15) is 25.2 Å². The zero-order chi connectivity index (χ0) is 18.5. The van der Waals surface area contributed by atoms with Gasteiger partial charge in [-0.3, -0.25) is 4.79 Å². The van der Waals surface area contributed by atoms with Gasteiger partial charge in [0.05, 0.1) is 12.0 Å². The van der Waals surface area contributed by atoms with Crippen molar-refractivity contribution in [2.75, 3.05) is 6.61 Å². The van der Waals surface area contributed by atoms with Crippen LogP contribution in [0.5, 0.6) is 0 Å². The molecule has 4 aliphatic rings. The molecule has 138 valence electrons. The fourth-order valence-corrected chi connectivity index (χ4v) is 6.43. The van der Waals surface area contributed by atoms with Crippen molar-refractivity contribution in [2.45, 2.75) is 51.9 Å². The number of carbonyl (C=O) groups excluding carboxylic acids is 1. The Morgan fingerprint density at radius 1 is 1.24 bits per heavy atom. The number of rotatable bonds is 1. The molecule has 2 bridgehead atoms. The van der Waals surface area contributed by atoms with Crippen LogP contribution in [0.1, 0.15) is 34.1 Å². The lowest BCUT2D eigenvalue weighted by molar-refractivity contribution is -0.190. The number of Topliss-reactive ketones (excluding diaryl/α,β-unsaturated/α-hetero) is 1. The number of hydrogen-bond acceptors (Lipinski definition) is 5. The monoisotopic (exact) mass is 348 g/mol. The Labute approximate surface area is 148 Å². The summed E-state index contributed by atoms with van der Waals surface area (Å²) in [5, 5.41) is 43.0. The second kappa shape index (κ2) is 4.83. The first-order chi connectivity index (χ1) is 11.5. The van der Waals surface area contributed by atoms with Gasteiger partial charge >= 0.3 is 0 Å². The van der Waals surface area contributed by atoms with Crippen molar-refractivity contribution in [2.24, 2.45) is 34.5 Å². The second-order valence-corrected chi connectivity index (χ2v) is 9.27. The molecule has 25 heavy (non-hydrogen) atoms. The molecule has 0 saturated heterocycles. The third-order valence-electron chi connectivity index (χ3n) is 7.93. The van der Waals surface area contributed by atoms with E-state index >= 15 is 0 Å². The Kier molecular flexibility index (Phi) is 3.36. The van der Waals surface area contributed by atoms with Gasteiger partial charge in [0.25, 0.3) is 0 Å². The van der Waals surface area contributed by atoms with Gasteiger partial charge < -0.3 is 20.4 Å². The van der Waals surface area contributed by atoms with Gasteiger partial charge in [-0.2, -0.15) is 0 Å². The van der Waals surface area contributed by atoms with Gasteiger partial charge in [0.15, 0.2) is 5.78 Å². The van der Waals surface area contributed by atoms with Gasteiger partial charge in [0.2, 0.25) is 0 Å². The predicted molar refractivity (Wildman–Crippen MR) is 91.4 cm³/mol. The summed E-state index contributed by atoms with van der Waals surface area (Å²) < 4.78 is 0. The molecule has 0 aromatic carbocycles. The number of aliphatic hydroxyl groups excluding tert-OH is 3. The normalized spacial score (nSPS) is 53.2. The van der Waals surface area contributed by atoms with Crippen LogP contribution in [-0.2, 0) is 4.79 Å². The molecule has 5 nitrogen and oxygen atoms in total. The maximum absolute atomic E-state index is 13.7. The maximum Gasteiger partial charge on any atom is 0.153 e. The molecule has 0 unspecified atom stereocenters. The van der Waals surface area contributed by atoms with E-state index in [1.165, 1.54) is 0 Å². The molecule has 4 N–H and O–H groups in total. The second-order valence-electron chi connectivity index (χ2n) is 9.27. The highest BCUT2D eigenvalue weighted by atomic mass is 16.4. The molecule has 2 saturated carbocycles. The lowest BCUT2D eigenvalue weighted by Crippen LogP contribution is -2.65. The van der Waals surface area contributed by atoms with Crippen LogP contribution in [0.25, 0.3) is 0 Å². The van der Waals surface area contributed by atoms with Crippen molar-refractivity contribution in [3.8, 4) is 0 Å². The van der Waals surface area contributed by atoms with E-state index in [0.717, 1.165) is 6.42 Å². The molecule has 2 fully saturated rings. The van der Waals surface area contributed by atoms with Crippen molar-refractivity contribution >= 4 is 5.78 Å². The van der Waals surface area contributed by atoms with E-state index in [1.54, 1.807) is 19.1 Å². The van der Waals surface area contributed by atoms with Crippen LogP contribution in [0.15, 0.2) is 23.3 Å². The molecule has 0 heterocycles. The minimum atomic E-state index is -2.03. The molecule has 8 atom stereocenters. The number of fused-ring (bicyclic) bond motifs is 3. The largest absolute Gasteiger partial charge is 0.392 e. The first-order valence-electron chi connectivity index (χ1n) is 9.18. The smallest absolute Gasteiger partial charge is 0.153 e. The third-order valence-corrected chi connectivity index (χ3v) is 7.93. The summed E-state index contributed by atoms with van der Waals surface area (Å²) in [6, 6.07) is 0. The predicted octanol–water partition coefficient (Wildman–Crippen LogP) is 0.815. The van der Waals surface area contributed by atoms with Crippen molar-refractivity contribution < 1.29 is 25.2 Å². The zero-order valence-corrected chi connectivity index (χ0v) is 15.2. The summed E-state index contributed by atoms with van der Waals surface area (Å²) in [5.41, 5.74) is -2.58. The van der Waals surface area contributed by atoms with E-state index in [-0.39, 0.29) is 28.6 Å². The van der Waals surface area contributed by atoms with Gasteiger partial charge in [-0.25, -0.2) is 0 Å². The molecule has 0 aliphatic heterocycles. The quantitative estimate of drug-likeness (QED) is 0.526. The number of carbonyl (C=O) groups is 1.